The van der Waals surface area contributed by atoms with Crippen LogP contribution in [0, 0.1) is 0 Å². The molecular weight excluding hydrogens is 230 g/mol. The van der Waals surface area contributed by atoms with E-state index in [0.29, 0.717) is 6.42 Å². The Morgan fingerprint density at radius 2 is 2.28 bits per heavy atom. The summed E-state index contributed by atoms with van der Waals surface area (Å²) in [6.07, 6.45) is 9.52. The van der Waals surface area contributed by atoms with Gasteiger partial charge in [0.2, 0.25) is 0 Å². The van der Waals surface area contributed by atoms with Crippen LogP contribution < -0.4 is 5.73 Å². The molecule has 0 fully saturated rings. The van der Waals surface area contributed by atoms with Crippen LogP contribution in [0.4, 0.5) is 0 Å². The van der Waals surface area contributed by atoms with Gasteiger partial charge in [-0.3, -0.25) is 9.67 Å². The molecule has 18 heavy (non-hydrogen) atoms. The van der Waals surface area contributed by atoms with E-state index in [0.717, 1.165) is 16.8 Å². The van der Waals surface area contributed by atoms with Crippen molar-refractivity contribution in [2.75, 3.05) is 0 Å². The van der Waals surface area contributed by atoms with Crippen LogP contribution in [0.2, 0.25) is 0 Å². The number of fused-ring (bicyclic) bond motifs is 1. The molecule has 3 heterocycles. The minimum absolute atomic E-state index is 0.164. The topological polar surface area (TPSA) is 86.9 Å². The predicted molar refractivity (Wildman–Crippen MR) is 64.6 cm³/mol. The lowest BCUT2D eigenvalue weighted by molar-refractivity contribution is 0.696. The number of aryl methyl sites for hydroxylation is 1. The summed E-state index contributed by atoms with van der Waals surface area (Å²) < 4.78 is 3.43. The number of aromatic nitrogens is 6. The van der Waals surface area contributed by atoms with Gasteiger partial charge in [-0.15, -0.1) is 5.10 Å². The molecule has 0 aliphatic rings. The Morgan fingerprint density at radius 3 is 3.06 bits per heavy atom. The fourth-order valence-electron chi connectivity index (χ4n) is 1.96. The molecule has 0 aliphatic heterocycles. The molecule has 0 bridgehead atoms. The lowest BCUT2D eigenvalue weighted by Crippen LogP contribution is -2.13. The van der Waals surface area contributed by atoms with Gasteiger partial charge in [0, 0.05) is 43.7 Å². The normalized spacial score (nSPS) is 13.0. The van der Waals surface area contributed by atoms with Crippen molar-refractivity contribution in [2.24, 2.45) is 12.8 Å². The van der Waals surface area contributed by atoms with E-state index in [4.69, 9.17) is 5.73 Å². The average molecular weight is 243 g/mol. The van der Waals surface area contributed by atoms with Crippen molar-refractivity contribution in [3.8, 4) is 0 Å². The third-order valence-electron chi connectivity index (χ3n) is 2.83. The molecule has 0 radical (unpaired) electrons. The highest BCUT2D eigenvalue weighted by Crippen LogP contribution is 2.19. The molecule has 3 aromatic rings. The molecule has 92 valence electrons. The molecular formula is C11H13N7. The van der Waals surface area contributed by atoms with E-state index in [1.165, 1.54) is 0 Å². The second-order valence-corrected chi connectivity index (χ2v) is 4.20. The fraction of sp³-hybridized carbons (Fsp3) is 0.273. The highest BCUT2D eigenvalue weighted by Gasteiger charge is 2.14. The third kappa shape index (κ3) is 1.84. The Bertz CT molecular complexity index is 669. The van der Waals surface area contributed by atoms with Crippen molar-refractivity contribution in [1.82, 2.24) is 29.6 Å². The van der Waals surface area contributed by atoms with E-state index in [-0.39, 0.29) is 6.04 Å². The zero-order valence-electron chi connectivity index (χ0n) is 9.93. The minimum Gasteiger partial charge on any atom is -0.324 e. The molecule has 2 N–H and O–H groups in total. The summed E-state index contributed by atoms with van der Waals surface area (Å²) in [4.78, 5) is 4.09. The van der Waals surface area contributed by atoms with Gasteiger partial charge < -0.3 is 5.73 Å². The first-order chi connectivity index (χ1) is 8.74. The standard InChI is InChI=1S/C11H13N7/c1-17-7-8(15-16-17)4-10(12)9-5-14-18-3-2-13-6-11(9)18/h2-3,5-7,10H,4,12H2,1H3. The lowest BCUT2D eigenvalue weighted by Gasteiger charge is -2.07. The summed E-state index contributed by atoms with van der Waals surface area (Å²) in [6, 6.07) is -0.164. The highest BCUT2D eigenvalue weighted by atomic mass is 15.4. The Balaban J connectivity index is 1.90. The Morgan fingerprint density at radius 1 is 1.39 bits per heavy atom. The summed E-state index contributed by atoms with van der Waals surface area (Å²) in [6.45, 7) is 0. The van der Waals surface area contributed by atoms with E-state index in [1.54, 1.807) is 34.0 Å². The largest absolute Gasteiger partial charge is 0.324 e. The van der Waals surface area contributed by atoms with Crippen LogP contribution in [0.25, 0.3) is 5.52 Å². The van der Waals surface area contributed by atoms with Crippen LogP contribution >= 0.6 is 0 Å². The van der Waals surface area contributed by atoms with Crippen LogP contribution in [0.5, 0.6) is 0 Å². The smallest absolute Gasteiger partial charge is 0.0892 e. The summed E-state index contributed by atoms with van der Waals surface area (Å²) in [5.74, 6) is 0. The molecule has 0 saturated heterocycles. The fourth-order valence-corrected chi connectivity index (χ4v) is 1.96. The summed E-state index contributed by atoms with van der Waals surface area (Å²) in [5, 5.41) is 12.2. The first kappa shape index (κ1) is 10.8. The second-order valence-electron chi connectivity index (χ2n) is 4.20. The van der Waals surface area contributed by atoms with Gasteiger partial charge in [0.25, 0.3) is 0 Å². The van der Waals surface area contributed by atoms with Gasteiger partial charge >= 0.3 is 0 Å². The minimum atomic E-state index is -0.164. The lowest BCUT2D eigenvalue weighted by atomic mass is 10.1. The van der Waals surface area contributed by atoms with Crippen molar-refractivity contribution >= 4 is 5.52 Å². The molecule has 0 amide bonds. The number of hydrogen-bond donors (Lipinski definition) is 1. The molecule has 3 rings (SSSR count). The average Bonchev–Trinajstić information content (AvgIpc) is 2.95. The molecule has 7 heteroatoms. The Labute approximate surface area is 103 Å². The Kier molecular flexibility index (Phi) is 2.52. The van der Waals surface area contributed by atoms with Crippen LogP contribution in [0.1, 0.15) is 17.3 Å². The van der Waals surface area contributed by atoms with Gasteiger partial charge in [0.05, 0.1) is 23.6 Å². The quantitative estimate of drug-likeness (QED) is 0.705. The SMILES string of the molecule is Cn1cc(CC(N)c2cnn3ccncc23)nn1. The maximum Gasteiger partial charge on any atom is 0.0892 e. The van der Waals surface area contributed by atoms with Gasteiger partial charge in [0.15, 0.2) is 0 Å². The molecule has 3 aromatic heterocycles. The maximum atomic E-state index is 6.19. The number of hydrogen-bond acceptors (Lipinski definition) is 5. The molecule has 1 atom stereocenters. The van der Waals surface area contributed by atoms with E-state index in [9.17, 15) is 0 Å². The summed E-state index contributed by atoms with van der Waals surface area (Å²) in [5.41, 5.74) is 8.95. The van der Waals surface area contributed by atoms with E-state index in [2.05, 4.69) is 20.4 Å². The van der Waals surface area contributed by atoms with E-state index in [1.807, 2.05) is 13.2 Å². The highest BCUT2D eigenvalue weighted by molar-refractivity contribution is 5.53. The van der Waals surface area contributed by atoms with Crippen LogP contribution in [0.15, 0.2) is 31.0 Å². The predicted octanol–water partition coefficient (Wildman–Crippen LogP) is 0.100. The second kappa shape index (κ2) is 4.19. The maximum absolute atomic E-state index is 6.19. The zero-order valence-corrected chi connectivity index (χ0v) is 9.93. The number of nitrogens with two attached hydrogens (primary N) is 1. The van der Waals surface area contributed by atoms with Crippen molar-refractivity contribution in [1.29, 1.82) is 0 Å². The number of nitrogens with zero attached hydrogens (tertiary/aromatic N) is 6. The van der Waals surface area contributed by atoms with Crippen LogP contribution in [-0.4, -0.2) is 29.6 Å². The van der Waals surface area contributed by atoms with Crippen molar-refractivity contribution < 1.29 is 0 Å². The van der Waals surface area contributed by atoms with Gasteiger partial charge in [-0.2, -0.15) is 5.10 Å². The van der Waals surface area contributed by atoms with Gasteiger partial charge in [-0.1, -0.05) is 5.21 Å². The first-order valence-electron chi connectivity index (χ1n) is 5.62. The number of rotatable bonds is 3. The molecule has 0 aliphatic carbocycles. The molecule has 0 saturated carbocycles. The first-order valence-corrected chi connectivity index (χ1v) is 5.62. The monoisotopic (exact) mass is 243 g/mol. The Hall–Kier alpha value is -2.28. The van der Waals surface area contributed by atoms with Crippen molar-refractivity contribution in [2.45, 2.75) is 12.5 Å². The molecule has 7 nitrogen and oxygen atoms in total. The van der Waals surface area contributed by atoms with Crippen molar-refractivity contribution in [3.05, 3.63) is 42.2 Å². The van der Waals surface area contributed by atoms with Crippen LogP contribution in [0.3, 0.4) is 0 Å². The van der Waals surface area contributed by atoms with E-state index >= 15 is 0 Å². The van der Waals surface area contributed by atoms with Crippen molar-refractivity contribution in [3.63, 3.8) is 0 Å². The van der Waals surface area contributed by atoms with E-state index < -0.39 is 0 Å². The third-order valence-corrected chi connectivity index (χ3v) is 2.83. The molecule has 0 aromatic carbocycles. The summed E-state index contributed by atoms with van der Waals surface area (Å²) in [7, 11) is 1.83. The van der Waals surface area contributed by atoms with Gasteiger partial charge in [-0.05, 0) is 0 Å². The molecule has 0 spiro atoms. The van der Waals surface area contributed by atoms with Gasteiger partial charge in [0.1, 0.15) is 0 Å². The zero-order chi connectivity index (χ0) is 12.5. The van der Waals surface area contributed by atoms with Crippen LogP contribution in [-0.2, 0) is 13.5 Å². The van der Waals surface area contributed by atoms with Gasteiger partial charge in [-0.25, -0.2) is 4.52 Å². The summed E-state index contributed by atoms with van der Waals surface area (Å²) >= 11 is 0. The molecule has 1 unspecified atom stereocenters.